The van der Waals surface area contributed by atoms with Gasteiger partial charge in [0.05, 0.1) is 10.9 Å². The molecule has 0 unspecified atom stereocenters. The third-order valence-corrected chi connectivity index (χ3v) is 5.86. The number of benzene rings is 1. The number of thiophene rings is 1. The van der Waals surface area contributed by atoms with Gasteiger partial charge in [0.25, 0.3) is 5.91 Å². The van der Waals surface area contributed by atoms with Gasteiger partial charge in [-0.3, -0.25) is 14.5 Å². The van der Waals surface area contributed by atoms with Crippen molar-refractivity contribution in [3.63, 3.8) is 0 Å². The van der Waals surface area contributed by atoms with Crippen LogP contribution in [0.2, 0.25) is 4.34 Å². The minimum atomic E-state index is -1.18. The van der Waals surface area contributed by atoms with E-state index in [1.807, 2.05) is 37.3 Å². The van der Waals surface area contributed by atoms with E-state index in [1.165, 1.54) is 16.2 Å². The Balaban J connectivity index is 1.71. The summed E-state index contributed by atoms with van der Waals surface area (Å²) in [7, 11) is 1.63. The Morgan fingerprint density at radius 3 is 2.48 bits per heavy atom. The van der Waals surface area contributed by atoms with E-state index >= 15 is 0 Å². The van der Waals surface area contributed by atoms with Gasteiger partial charge in [-0.15, -0.1) is 11.3 Å². The molecule has 0 bridgehead atoms. The van der Waals surface area contributed by atoms with Crippen LogP contribution < -0.4 is 5.32 Å². The second-order valence-corrected chi connectivity index (χ2v) is 8.57. The van der Waals surface area contributed by atoms with Gasteiger partial charge in [-0.05, 0) is 31.5 Å². The highest BCUT2D eigenvalue weighted by molar-refractivity contribution is 7.16. The maximum atomic E-state index is 12.9. The Morgan fingerprint density at radius 1 is 1.22 bits per heavy atom. The molecule has 3 rings (SSSR count). The van der Waals surface area contributed by atoms with Crippen molar-refractivity contribution < 1.29 is 14.4 Å². The van der Waals surface area contributed by atoms with Crippen LogP contribution in [0, 0.1) is 6.92 Å². The van der Waals surface area contributed by atoms with E-state index in [0.717, 1.165) is 15.3 Å². The standard InChI is InChI=1S/C19H20ClN3O3S/c1-12-4-6-13(7-5-12)19(2)17(25)23(18(26)21-19)11-16(24)22(3)10-14-8-9-15(20)27-14/h4-9H,10-11H2,1-3H3,(H,21,26)/t19-/m0/s1. The Labute approximate surface area is 166 Å². The van der Waals surface area contributed by atoms with Crippen LogP contribution in [0.4, 0.5) is 4.79 Å². The van der Waals surface area contributed by atoms with Gasteiger partial charge in [0, 0.05) is 11.9 Å². The summed E-state index contributed by atoms with van der Waals surface area (Å²) in [5.41, 5.74) is 0.565. The van der Waals surface area contributed by atoms with Gasteiger partial charge in [-0.2, -0.15) is 0 Å². The molecular weight excluding hydrogens is 386 g/mol. The zero-order valence-electron chi connectivity index (χ0n) is 15.3. The number of nitrogens with one attached hydrogen (secondary N) is 1. The summed E-state index contributed by atoms with van der Waals surface area (Å²) in [6.45, 7) is 3.67. The van der Waals surface area contributed by atoms with Crippen molar-refractivity contribution in [1.82, 2.24) is 15.1 Å². The van der Waals surface area contributed by atoms with E-state index in [-0.39, 0.29) is 12.5 Å². The van der Waals surface area contributed by atoms with Gasteiger partial charge in [0.2, 0.25) is 5.91 Å². The minimum absolute atomic E-state index is 0.304. The lowest BCUT2D eigenvalue weighted by molar-refractivity contribution is -0.138. The number of carbonyl (C=O) groups excluding carboxylic acids is 3. The molecule has 6 nitrogen and oxygen atoms in total. The van der Waals surface area contributed by atoms with Gasteiger partial charge < -0.3 is 10.2 Å². The monoisotopic (exact) mass is 405 g/mol. The van der Waals surface area contributed by atoms with E-state index in [2.05, 4.69) is 5.32 Å². The van der Waals surface area contributed by atoms with Crippen molar-refractivity contribution in [2.45, 2.75) is 25.9 Å². The molecule has 2 aromatic rings. The minimum Gasteiger partial charge on any atom is -0.339 e. The van der Waals surface area contributed by atoms with Crippen LogP contribution in [-0.2, 0) is 21.7 Å². The van der Waals surface area contributed by atoms with Crippen molar-refractivity contribution in [2.75, 3.05) is 13.6 Å². The number of aryl methyl sites for hydroxylation is 1. The van der Waals surface area contributed by atoms with E-state index in [0.29, 0.717) is 16.4 Å². The summed E-state index contributed by atoms with van der Waals surface area (Å²) in [5.74, 6) is -0.756. The zero-order valence-corrected chi connectivity index (χ0v) is 16.9. The first-order chi connectivity index (χ1) is 12.7. The van der Waals surface area contributed by atoms with Crippen LogP contribution in [0.15, 0.2) is 36.4 Å². The molecule has 142 valence electrons. The maximum absolute atomic E-state index is 12.9. The zero-order chi connectivity index (χ0) is 19.8. The summed E-state index contributed by atoms with van der Waals surface area (Å²) < 4.78 is 0.647. The molecule has 1 fully saturated rings. The highest BCUT2D eigenvalue weighted by Gasteiger charge is 2.49. The molecule has 1 atom stereocenters. The molecule has 4 amide bonds. The average molecular weight is 406 g/mol. The molecule has 1 aromatic heterocycles. The SMILES string of the molecule is Cc1ccc([C@]2(C)NC(=O)N(CC(=O)N(C)Cc3ccc(Cl)s3)C2=O)cc1. The van der Waals surface area contributed by atoms with Crippen molar-refractivity contribution in [3.8, 4) is 0 Å². The van der Waals surface area contributed by atoms with Gasteiger partial charge in [0.1, 0.15) is 12.1 Å². The third kappa shape index (κ3) is 3.84. The van der Waals surface area contributed by atoms with Gasteiger partial charge in [-0.25, -0.2) is 4.79 Å². The summed E-state index contributed by atoms with van der Waals surface area (Å²) in [4.78, 5) is 41.2. The number of imide groups is 1. The predicted molar refractivity (Wildman–Crippen MR) is 105 cm³/mol. The number of hydrogen-bond donors (Lipinski definition) is 1. The fraction of sp³-hybridized carbons (Fsp3) is 0.316. The largest absolute Gasteiger partial charge is 0.339 e. The van der Waals surface area contributed by atoms with Crippen molar-refractivity contribution in [2.24, 2.45) is 0 Å². The number of halogens is 1. The molecular formula is C19H20ClN3O3S. The molecule has 0 radical (unpaired) electrons. The highest BCUT2D eigenvalue weighted by atomic mass is 35.5. The molecule has 1 aliphatic heterocycles. The van der Waals surface area contributed by atoms with Crippen molar-refractivity contribution >= 4 is 40.8 Å². The van der Waals surface area contributed by atoms with Gasteiger partial charge in [-0.1, -0.05) is 41.4 Å². The lowest BCUT2D eigenvalue weighted by Crippen LogP contribution is -2.43. The molecule has 0 saturated carbocycles. The number of rotatable bonds is 5. The third-order valence-electron chi connectivity index (χ3n) is 4.64. The van der Waals surface area contributed by atoms with Crippen LogP contribution in [0.25, 0.3) is 0 Å². The number of nitrogens with zero attached hydrogens (tertiary/aromatic N) is 2. The Kier molecular flexibility index (Phi) is 5.26. The van der Waals surface area contributed by atoms with Crippen LogP contribution in [-0.4, -0.2) is 41.2 Å². The fourth-order valence-electron chi connectivity index (χ4n) is 2.94. The van der Waals surface area contributed by atoms with Crippen molar-refractivity contribution in [1.29, 1.82) is 0 Å². The first kappa shape index (κ1) is 19.4. The first-order valence-electron chi connectivity index (χ1n) is 8.40. The van der Waals surface area contributed by atoms with E-state index in [1.54, 1.807) is 20.0 Å². The summed E-state index contributed by atoms with van der Waals surface area (Å²) >= 11 is 7.29. The molecule has 2 heterocycles. The number of hydrogen-bond acceptors (Lipinski definition) is 4. The van der Waals surface area contributed by atoms with Crippen LogP contribution >= 0.6 is 22.9 Å². The van der Waals surface area contributed by atoms with E-state index in [9.17, 15) is 14.4 Å². The van der Waals surface area contributed by atoms with Gasteiger partial charge in [0.15, 0.2) is 0 Å². The molecule has 0 aliphatic carbocycles. The molecule has 27 heavy (non-hydrogen) atoms. The Bertz CT molecular complexity index is 896. The summed E-state index contributed by atoms with van der Waals surface area (Å²) in [6, 6.07) is 10.4. The van der Waals surface area contributed by atoms with E-state index < -0.39 is 17.5 Å². The molecule has 0 spiro atoms. The van der Waals surface area contributed by atoms with Crippen LogP contribution in [0.1, 0.15) is 22.9 Å². The second kappa shape index (κ2) is 7.32. The second-order valence-electron chi connectivity index (χ2n) is 6.77. The molecule has 8 heteroatoms. The molecule has 1 aromatic carbocycles. The summed E-state index contributed by atoms with van der Waals surface area (Å²) in [5, 5.41) is 2.71. The highest BCUT2D eigenvalue weighted by Crippen LogP contribution is 2.29. The summed E-state index contributed by atoms with van der Waals surface area (Å²) in [6.07, 6.45) is 0. The molecule has 1 N–H and O–H groups in total. The maximum Gasteiger partial charge on any atom is 0.325 e. The van der Waals surface area contributed by atoms with Crippen molar-refractivity contribution in [3.05, 3.63) is 56.7 Å². The normalized spacial score (nSPS) is 19.3. The average Bonchev–Trinajstić information content (AvgIpc) is 3.12. The van der Waals surface area contributed by atoms with Crippen LogP contribution in [0.5, 0.6) is 0 Å². The lowest BCUT2D eigenvalue weighted by Gasteiger charge is -2.23. The smallest absolute Gasteiger partial charge is 0.325 e. The number of amides is 4. The molecule has 1 saturated heterocycles. The van der Waals surface area contributed by atoms with Gasteiger partial charge >= 0.3 is 6.03 Å². The number of carbonyl (C=O) groups is 3. The Hall–Kier alpha value is -2.38. The fourth-order valence-corrected chi connectivity index (χ4v) is 4.08. The first-order valence-corrected chi connectivity index (χ1v) is 9.59. The van der Waals surface area contributed by atoms with Crippen LogP contribution in [0.3, 0.4) is 0 Å². The molecule has 1 aliphatic rings. The number of likely N-dealkylation sites (N-methyl/N-ethyl adjacent to an activating group) is 1. The van der Waals surface area contributed by atoms with E-state index in [4.69, 9.17) is 11.6 Å². The Morgan fingerprint density at radius 2 is 1.89 bits per heavy atom. The topological polar surface area (TPSA) is 69.7 Å². The quantitative estimate of drug-likeness (QED) is 0.777. The lowest BCUT2D eigenvalue weighted by atomic mass is 9.91. The predicted octanol–water partition coefficient (Wildman–Crippen LogP) is 3.14. The number of urea groups is 1.